The van der Waals surface area contributed by atoms with Gasteiger partial charge in [0.1, 0.15) is 17.9 Å². The Balaban J connectivity index is 2.04. The number of aliphatic hydroxyl groups excluding tert-OH is 1. The number of para-hydroxylation sites is 2. The van der Waals surface area contributed by atoms with Gasteiger partial charge in [0, 0.05) is 6.54 Å². The SMILES string of the molecule is OCCOc1cccc(Cn2cnc3ccccc32)c1C(F)(F)F. The number of ether oxygens (including phenoxy) is 1. The lowest BCUT2D eigenvalue weighted by atomic mass is 10.1. The maximum absolute atomic E-state index is 13.5. The fourth-order valence-corrected chi connectivity index (χ4v) is 2.63. The Kier molecular flexibility index (Phi) is 4.44. The predicted molar refractivity (Wildman–Crippen MR) is 82.9 cm³/mol. The molecule has 0 fully saturated rings. The summed E-state index contributed by atoms with van der Waals surface area (Å²) in [6.07, 6.45) is -3.04. The zero-order valence-electron chi connectivity index (χ0n) is 12.6. The summed E-state index contributed by atoms with van der Waals surface area (Å²) in [5.41, 5.74) is 0.739. The Morgan fingerprint density at radius 3 is 2.62 bits per heavy atom. The molecule has 126 valence electrons. The van der Waals surface area contributed by atoms with Crippen LogP contribution in [0.1, 0.15) is 11.1 Å². The molecule has 0 radical (unpaired) electrons. The Morgan fingerprint density at radius 2 is 1.88 bits per heavy atom. The highest BCUT2D eigenvalue weighted by atomic mass is 19.4. The summed E-state index contributed by atoms with van der Waals surface area (Å²) < 4.78 is 47.3. The average molecular weight is 336 g/mol. The fraction of sp³-hybridized carbons (Fsp3) is 0.235. The molecule has 0 spiro atoms. The summed E-state index contributed by atoms with van der Waals surface area (Å²) in [5.74, 6) is -0.279. The minimum atomic E-state index is -4.56. The smallest absolute Gasteiger partial charge is 0.420 e. The number of fused-ring (bicyclic) bond motifs is 1. The van der Waals surface area contributed by atoms with Crippen LogP contribution in [-0.2, 0) is 12.7 Å². The van der Waals surface area contributed by atoms with Crippen molar-refractivity contribution in [2.45, 2.75) is 12.7 Å². The molecule has 1 N–H and O–H groups in total. The monoisotopic (exact) mass is 336 g/mol. The summed E-state index contributed by atoms with van der Waals surface area (Å²) in [5, 5.41) is 8.80. The quantitative estimate of drug-likeness (QED) is 0.776. The first-order valence-electron chi connectivity index (χ1n) is 7.33. The maximum atomic E-state index is 13.5. The molecule has 1 heterocycles. The molecule has 1 aromatic heterocycles. The van der Waals surface area contributed by atoms with Crippen LogP contribution in [0.4, 0.5) is 13.2 Å². The van der Waals surface area contributed by atoms with Gasteiger partial charge in [-0.25, -0.2) is 4.98 Å². The van der Waals surface area contributed by atoms with E-state index in [1.165, 1.54) is 24.5 Å². The number of hydrogen-bond acceptors (Lipinski definition) is 3. The van der Waals surface area contributed by atoms with Crippen molar-refractivity contribution < 1.29 is 23.0 Å². The molecule has 3 aromatic rings. The second-order valence-corrected chi connectivity index (χ2v) is 5.22. The Bertz CT molecular complexity index is 843. The van der Waals surface area contributed by atoms with Crippen LogP contribution in [0.5, 0.6) is 5.75 Å². The van der Waals surface area contributed by atoms with Crippen molar-refractivity contribution in [3.8, 4) is 5.75 Å². The first kappa shape index (κ1) is 16.3. The third-order valence-corrected chi connectivity index (χ3v) is 3.61. The summed E-state index contributed by atoms with van der Waals surface area (Å²) in [6, 6.07) is 11.4. The van der Waals surface area contributed by atoms with Gasteiger partial charge in [0.05, 0.1) is 24.0 Å². The van der Waals surface area contributed by atoms with Gasteiger partial charge >= 0.3 is 6.18 Å². The van der Waals surface area contributed by atoms with Crippen LogP contribution in [0.25, 0.3) is 11.0 Å². The number of alkyl halides is 3. The number of aromatic nitrogens is 2. The van der Waals surface area contributed by atoms with E-state index in [0.717, 1.165) is 11.0 Å². The van der Waals surface area contributed by atoms with E-state index < -0.39 is 11.7 Å². The van der Waals surface area contributed by atoms with E-state index >= 15 is 0 Å². The molecule has 0 atom stereocenters. The third kappa shape index (κ3) is 3.21. The minimum Gasteiger partial charge on any atom is -0.491 e. The molecular weight excluding hydrogens is 321 g/mol. The van der Waals surface area contributed by atoms with Crippen molar-refractivity contribution in [3.05, 3.63) is 59.9 Å². The van der Waals surface area contributed by atoms with E-state index in [9.17, 15) is 13.2 Å². The van der Waals surface area contributed by atoms with Gasteiger partial charge in [-0.15, -0.1) is 0 Å². The zero-order valence-corrected chi connectivity index (χ0v) is 12.6. The summed E-state index contributed by atoms with van der Waals surface area (Å²) in [6.45, 7) is -0.528. The zero-order chi connectivity index (χ0) is 17.2. The first-order chi connectivity index (χ1) is 11.5. The summed E-state index contributed by atoms with van der Waals surface area (Å²) in [7, 11) is 0. The van der Waals surface area contributed by atoms with E-state index in [1.807, 2.05) is 18.2 Å². The lowest BCUT2D eigenvalue weighted by molar-refractivity contribution is -0.139. The number of rotatable bonds is 5. The van der Waals surface area contributed by atoms with Gasteiger partial charge in [-0.05, 0) is 23.8 Å². The number of halogens is 3. The number of imidazole rings is 1. The second-order valence-electron chi connectivity index (χ2n) is 5.22. The van der Waals surface area contributed by atoms with Gasteiger partial charge < -0.3 is 14.4 Å². The van der Waals surface area contributed by atoms with Crippen molar-refractivity contribution >= 4 is 11.0 Å². The Morgan fingerprint density at radius 1 is 1.08 bits per heavy atom. The molecular formula is C17H15F3N2O2. The number of nitrogens with zero attached hydrogens (tertiary/aromatic N) is 2. The van der Waals surface area contributed by atoms with Crippen LogP contribution in [-0.4, -0.2) is 27.9 Å². The molecule has 3 rings (SSSR count). The van der Waals surface area contributed by atoms with Crippen LogP contribution in [0.2, 0.25) is 0 Å². The van der Waals surface area contributed by atoms with Crippen LogP contribution in [0.3, 0.4) is 0 Å². The highest BCUT2D eigenvalue weighted by molar-refractivity contribution is 5.75. The number of aliphatic hydroxyl groups is 1. The van der Waals surface area contributed by atoms with Crippen LogP contribution < -0.4 is 4.74 Å². The van der Waals surface area contributed by atoms with Gasteiger partial charge in [-0.2, -0.15) is 13.2 Å². The van der Waals surface area contributed by atoms with E-state index in [1.54, 1.807) is 10.6 Å². The molecule has 0 aliphatic heterocycles. The molecule has 2 aromatic carbocycles. The molecule has 0 aliphatic rings. The second kappa shape index (κ2) is 6.52. The topological polar surface area (TPSA) is 47.3 Å². The highest BCUT2D eigenvalue weighted by Crippen LogP contribution is 2.39. The lowest BCUT2D eigenvalue weighted by Gasteiger charge is -2.18. The molecule has 0 saturated carbocycles. The Labute approximate surface area is 136 Å². The summed E-state index contributed by atoms with van der Waals surface area (Å²) >= 11 is 0. The van der Waals surface area contributed by atoms with Crippen LogP contribution >= 0.6 is 0 Å². The van der Waals surface area contributed by atoms with Gasteiger partial charge in [0.2, 0.25) is 0 Å². The van der Waals surface area contributed by atoms with Gasteiger partial charge in [-0.3, -0.25) is 0 Å². The van der Waals surface area contributed by atoms with Gasteiger partial charge in [0.15, 0.2) is 0 Å². The van der Waals surface area contributed by atoms with E-state index in [4.69, 9.17) is 9.84 Å². The largest absolute Gasteiger partial charge is 0.491 e. The molecule has 0 amide bonds. The molecule has 0 bridgehead atoms. The molecule has 0 aliphatic carbocycles. The molecule has 7 heteroatoms. The van der Waals surface area contributed by atoms with Gasteiger partial charge in [-0.1, -0.05) is 24.3 Å². The molecule has 4 nitrogen and oxygen atoms in total. The normalized spacial score (nSPS) is 11.8. The van der Waals surface area contributed by atoms with Crippen LogP contribution in [0, 0.1) is 0 Å². The lowest BCUT2D eigenvalue weighted by Crippen LogP contribution is -2.15. The number of hydrogen-bond donors (Lipinski definition) is 1. The molecule has 0 unspecified atom stereocenters. The summed E-state index contributed by atoms with van der Waals surface area (Å²) in [4.78, 5) is 4.20. The maximum Gasteiger partial charge on any atom is 0.420 e. The van der Waals surface area contributed by atoms with Crippen molar-refractivity contribution in [2.75, 3.05) is 13.2 Å². The van der Waals surface area contributed by atoms with E-state index in [0.29, 0.717) is 0 Å². The third-order valence-electron chi connectivity index (χ3n) is 3.61. The van der Waals surface area contributed by atoms with E-state index in [-0.39, 0.29) is 31.1 Å². The Hall–Kier alpha value is -2.54. The minimum absolute atomic E-state index is 0.0195. The van der Waals surface area contributed by atoms with Crippen molar-refractivity contribution in [2.24, 2.45) is 0 Å². The fourth-order valence-electron chi connectivity index (χ4n) is 2.63. The number of benzene rings is 2. The average Bonchev–Trinajstić information content (AvgIpc) is 2.95. The van der Waals surface area contributed by atoms with Crippen LogP contribution in [0.15, 0.2) is 48.8 Å². The van der Waals surface area contributed by atoms with Gasteiger partial charge in [0.25, 0.3) is 0 Å². The first-order valence-corrected chi connectivity index (χ1v) is 7.33. The van der Waals surface area contributed by atoms with Crippen molar-refractivity contribution in [3.63, 3.8) is 0 Å². The molecule has 24 heavy (non-hydrogen) atoms. The standard InChI is InChI=1S/C17H15F3N2O2/c18-17(19,20)16-12(4-3-7-15(16)24-9-8-23)10-22-11-21-13-5-1-2-6-14(13)22/h1-7,11,23H,8-10H2. The molecule has 0 saturated heterocycles. The highest BCUT2D eigenvalue weighted by Gasteiger charge is 2.37. The van der Waals surface area contributed by atoms with Crippen molar-refractivity contribution in [1.82, 2.24) is 9.55 Å². The predicted octanol–water partition coefficient (Wildman–Crippen LogP) is 3.47. The van der Waals surface area contributed by atoms with Crippen molar-refractivity contribution in [1.29, 1.82) is 0 Å². The van der Waals surface area contributed by atoms with E-state index in [2.05, 4.69) is 4.98 Å².